The summed E-state index contributed by atoms with van der Waals surface area (Å²) in [6.07, 6.45) is 1.43. The van der Waals surface area contributed by atoms with E-state index in [9.17, 15) is 9.59 Å². The summed E-state index contributed by atoms with van der Waals surface area (Å²) < 4.78 is 10.5. The number of hydrogen-bond donors (Lipinski definition) is 1. The number of carbonyl (C=O) groups excluding carboxylic acids is 2. The standard InChI is InChI=1S/C23H18N2O4S/c1-15-9-10-17(12-19(15)25-21(26)20-8-5-11-28-20)23(27)29-13-18-14-30-22(24-18)16-6-3-2-4-7-16/h2-12,14H,13H2,1H3,(H,25,26). The average Bonchev–Trinajstić information content (AvgIpc) is 3.46. The minimum absolute atomic E-state index is 0.0735. The van der Waals surface area contributed by atoms with Crippen LogP contribution in [0.2, 0.25) is 0 Å². The van der Waals surface area contributed by atoms with Crippen molar-refractivity contribution < 1.29 is 18.7 Å². The molecule has 7 heteroatoms. The topological polar surface area (TPSA) is 81.4 Å². The van der Waals surface area contributed by atoms with Gasteiger partial charge in [-0.15, -0.1) is 11.3 Å². The summed E-state index contributed by atoms with van der Waals surface area (Å²) in [5.41, 5.74) is 3.39. The third kappa shape index (κ3) is 4.47. The number of rotatable bonds is 6. The van der Waals surface area contributed by atoms with E-state index < -0.39 is 5.97 Å². The number of thiazole rings is 1. The number of nitrogens with one attached hydrogen (secondary N) is 1. The molecule has 0 fully saturated rings. The van der Waals surface area contributed by atoms with Crippen LogP contribution in [0.1, 0.15) is 32.2 Å². The molecule has 6 nitrogen and oxygen atoms in total. The fourth-order valence-electron chi connectivity index (χ4n) is 2.78. The summed E-state index contributed by atoms with van der Waals surface area (Å²) >= 11 is 1.50. The molecule has 150 valence electrons. The Morgan fingerprint density at radius 1 is 1.10 bits per heavy atom. The van der Waals surface area contributed by atoms with Gasteiger partial charge in [-0.1, -0.05) is 36.4 Å². The van der Waals surface area contributed by atoms with Gasteiger partial charge in [-0.3, -0.25) is 4.79 Å². The van der Waals surface area contributed by atoms with E-state index in [1.54, 1.807) is 30.3 Å². The van der Waals surface area contributed by atoms with Crippen LogP contribution in [0.15, 0.2) is 76.7 Å². The van der Waals surface area contributed by atoms with Gasteiger partial charge in [0, 0.05) is 16.6 Å². The van der Waals surface area contributed by atoms with Crippen LogP contribution in [0, 0.1) is 6.92 Å². The van der Waals surface area contributed by atoms with E-state index in [2.05, 4.69) is 10.3 Å². The quantitative estimate of drug-likeness (QED) is 0.429. The van der Waals surface area contributed by atoms with Gasteiger partial charge >= 0.3 is 5.97 Å². The molecule has 0 saturated carbocycles. The first-order valence-electron chi connectivity index (χ1n) is 9.22. The molecule has 1 amide bonds. The molecule has 30 heavy (non-hydrogen) atoms. The monoisotopic (exact) mass is 418 g/mol. The Labute approximate surface area is 177 Å². The molecule has 2 aromatic carbocycles. The van der Waals surface area contributed by atoms with Gasteiger partial charge in [-0.05, 0) is 36.8 Å². The molecule has 1 N–H and O–H groups in total. The Hall–Kier alpha value is -3.71. The summed E-state index contributed by atoms with van der Waals surface area (Å²) in [5, 5.41) is 5.50. The highest BCUT2D eigenvalue weighted by Crippen LogP contribution is 2.24. The molecule has 0 atom stereocenters. The number of furan rings is 1. The number of nitrogens with zero attached hydrogens (tertiary/aromatic N) is 1. The number of aryl methyl sites for hydroxylation is 1. The molecule has 0 spiro atoms. The highest BCUT2D eigenvalue weighted by atomic mass is 32.1. The van der Waals surface area contributed by atoms with Gasteiger partial charge < -0.3 is 14.5 Å². The predicted octanol–water partition coefficient (Wildman–Crippen LogP) is 5.32. The number of esters is 1. The molecule has 4 rings (SSSR count). The highest BCUT2D eigenvalue weighted by Gasteiger charge is 2.14. The lowest BCUT2D eigenvalue weighted by molar-refractivity contribution is 0.0468. The second-order valence-electron chi connectivity index (χ2n) is 6.55. The van der Waals surface area contributed by atoms with Crippen LogP contribution in [0.4, 0.5) is 5.69 Å². The molecule has 0 aliphatic rings. The van der Waals surface area contributed by atoms with Crippen molar-refractivity contribution in [2.45, 2.75) is 13.5 Å². The van der Waals surface area contributed by atoms with E-state index in [-0.39, 0.29) is 18.3 Å². The minimum Gasteiger partial charge on any atom is -0.459 e. The first kappa shape index (κ1) is 19.6. The van der Waals surface area contributed by atoms with Crippen LogP contribution in [-0.4, -0.2) is 16.9 Å². The van der Waals surface area contributed by atoms with E-state index in [0.29, 0.717) is 16.9 Å². The summed E-state index contributed by atoms with van der Waals surface area (Å²) in [6, 6.07) is 18.0. The third-order valence-corrected chi connectivity index (χ3v) is 5.33. The lowest BCUT2D eigenvalue weighted by atomic mass is 10.1. The zero-order valence-electron chi connectivity index (χ0n) is 16.1. The summed E-state index contributed by atoms with van der Waals surface area (Å²) in [7, 11) is 0. The van der Waals surface area contributed by atoms with Crippen molar-refractivity contribution in [2.75, 3.05) is 5.32 Å². The van der Waals surface area contributed by atoms with Gasteiger partial charge in [0.1, 0.15) is 11.6 Å². The fourth-order valence-corrected chi connectivity index (χ4v) is 3.60. The van der Waals surface area contributed by atoms with Crippen molar-refractivity contribution in [1.29, 1.82) is 0 Å². The normalized spacial score (nSPS) is 10.6. The molecule has 2 heterocycles. The van der Waals surface area contributed by atoms with Crippen LogP contribution in [0.5, 0.6) is 0 Å². The maximum absolute atomic E-state index is 12.5. The van der Waals surface area contributed by atoms with Crippen LogP contribution in [-0.2, 0) is 11.3 Å². The maximum atomic E-state index is 12.5. The zero-order chi connectivity index (χ0) is 20.9. The molecule has 0 aliphatic carbocycles. The average molecular weight is 418 g/mol. The van der Waals surface area contributed by atoms with Crippen LogP contribution in [0.25, 0.3) is 10.6 Å². The van der Waals surface area contributed by atoms with E-state index in [1.165, 1.54) is 17.6 Å². The fraction of sp³-hybridized carbons (Fsp3) is 0.0870. The number of amides is 1. The summed E-state index contributed by atoms with van der Waals surface area (Å²) in [4.78, 5) is 29.2. The Morgan fingerprint density at radius 2 is 1.93 bits per heavy atom. The molecule has 0 unspecified atom stereocenters. The van der Waals surface area contributed by atoms with Gasteiger partial charge in [-0.25, -0.2) is 9.78 Å². The number of carbonyl (C=O) groups is 2. The van der Waals surface area contributed by atoms with E-state index in [1.807, 2.05) is 42.6 Å². The Bertz CT molecular complexity index is 1170. The second kappa shape index (κ2) is 8.75. The molecule has 0 radical (unpaired) electrons. The van der Waals surface area contributed by atoms with E-state index >= 15 is 0 Å². The van der Waals surface area contributed by atoms with Crippen molar-refractivity contribution in [3.05, 3.63) is 94.9 Å². The molecular formula is C23H18N2O4S. The van der Waals surface area contributed by atoms with Gasteiger partial charge in [0.05, 0.1) is 17.5 Å². The van der Waals surface area contributed by atoms with Gasteiger partial charge in [0.2, 0.25) is 0 Å². The van der Waals surface area contributed by atoms with Gasteiger partial charge in [0.15, 0.2) is 5.76 Å². The Balaban J connectivity index is 1.41. The maximum Gasteiger partial charge on any atom is 0.338 e. The lowest BCUT2D eigenvalue weighted by Gasteiger charge is -2.09. The Kier molecular flexibility index (Phi) is 5.72. The van der Waals surface area contributed by atoms with Crippen molar-refractivity contribution in [3.8, 4) is 10.6 Å². The second-order valence-corrected chi connectivity index (χ2v) is 7.41. The van der Waals surface area contributed by atoms with Gasteiger partial charge in [-0.2, -0.15) is 0 Å². The number of aromatic nitrogens is 1. The summed E-state index contributed by atoms with van der Waals surface area (Å²) in [6.45, 7) is 1.91. The SMILES string of the molecule is Cc1ccc(C(=O)OCc2csc(-c3ccccc3)n2)cc1NC(=O)c1ccco1. The van der Waals surface area contributed by atoms with Crippen molar-refractivity contribution in [3.63, 3.8) is 0 Å². The van der Waals surface area contributed by atoms with Crippen LogP contribution in [0.3, 0.4) is 0 Å². The molecule has 0 bridgehead atoms. The first-order chi connectivity index (χ1) is 14.6. The van der Waals surface area contributed by atoms with E-state index in [0.717, 1.165) is 16.1 Å². The summed E-state index contributed by atoms with van der Waals surface area (Å²) in [5.74, 6) is -0.678. The number of hydrogen-bond acceptors (Lipinski definition) is 6. The Morgan fingerprint density at radius 3 is 2.70 bits per heavy atom. The molecule has 2 aromatic heterocycles. The van der Waals surface area contributed by atoms with Crippen molar-refractivity contribution >= 4 is 28.9 Å². The highest BCUT2D eigenvalue weighted by molar-refractivity contribution is 7.13. The smallest absolute Gasteiger partial charge is 0.338 e. The molecule has 0 aliphatic heterocycles. The largest absolute Gasteiger partial charge is 0.459 e. The first-order valence-corrected chi connectivity index (χ1v) is 10.1. The third-order valence-electron chi connectivity index (χ3n) is 4.39. The molecule has 0 saturated heterocycles. The number of anilines is 1. The lowest BCUT2D eigenvalue weighted by Crippen LogP contribution is -2.13. The predicted molar refractivity (Wildman–Crippen MR) is 115 cm³/mol. The minimum atomic E-state index is -0.488. The van der Waals surface area contributed by atoms with Crippen molar-refractivity contribution in [2.24, 2.45) is 0 Å². The van der Waals surface area contributed by atoms with Crippen LogP contribution < -0.4 is 5.32 Å². The molecular weight excluding hydrogens is 400 g/mol. The molecule has 4 aromatic rings. The van der Waals surface area contributed by atoms with E-state index in [4.69, 9.17) is 9.15 Å². The number of ether oxygens (including phenoxy) is 1. The zero-order valence-corrected chi connectivity index (χ0v) is 16.9. The van der Waals surface area contributed by atoms with Gasteiger partial charge in [0.25, 0.3) is 5.91 Å². The van der Waals surface area contributed by atoms with Crippen molar-refractivity contribution in [1.82, 2.24) is 4.98 Å². The number of benzene rings is 2. The van der Waals surface area contributed by atoms with Crippen LogP contribution >= 0.6 is 11.3 Å².